The zero-order valence-electron chi connectivity index (χ0n) is 10.4. The molecule has 102 valence electrons. The molecule has 3 N–H and O–H groups in total. The first-order chi connectivity index (χ1) is 8.50. The first kappa shape index (κ1) is 13.4. The van der Waals surface area contributed by atoms with E-state index in [0.29, 0.717) is 12.2 Å². The molecule has 2 unspecified atom stereocenters. The Morgan fingerprint density at radius 3 is 2.94 bits per heavy atom. The average molecular weight is 273 g/mol. The predicted octanol–water partition coefficient (Wildman–Crippen LogP) is -0.986. The van der Waals surface area contributed by atoms with Gasteiger partial charge in [0.2, 0.25) is 0 Å². The van der Waals surface area contributed by atoms with E-state index < -0.39 is 9.84 Å². The lowest BCUT2D eigenvalue weighted by Gasteiger charge is -2.18. The van der Waals surface area contributed by atoms with Crippen LogP contribution in [-0.2, 0) is 23.3 Å². The van der Waals surface area contributed by atoms with Crippen LogP contribution in [0.5, 0.6) is 0 Å². The van der Waals surface area contributed by atoms with Crippen molar-refractivity contribution in [3.8, 4) is 0 Å². The van der Waals surface area contributed by atoms with E-state index in [2.05, 4.69) is 15.5 Å². The fourth-order valence-corrected chi connectivity index (χ4v) is 4.28. The normalized spacial score (nSPS) is 24.2. The van der Waals surface area contributed by atoms with Crippen LogP contribution in [0.3, 0.4) is 0 Å². The van der Waals surface area contributed by atoms with Crippen molar-refractivity contribution in [1.82, 2.24) is 20.2 Å². The standard InChI is InChI=1S/C10H19N5O2S/c1-15-10(12-7-13-15)5-9(14-11)4-8-2-3-18(16,17)6-8/h7-9,14H,2-6,11H2,1H3. The molecule has 0 spiro atoms. The number of hydrogen-bond acceptors (Lipinski definition) is 6. The van der Waals surface area contributed by atoms with Gasteiger partial charge in [-0.1, -0.05) is 0 Å². The summed E-state index contributed by atoms with van der Waals surface area (Å²) in [5, 5.41) is 4.00. The van der Waals surface area contributed by atoms with Gasteiger partial charge in [0.15, 0.2) is 9.84 Å². The van der Waals surface area contributed by atoms with Crippen molar-refractivity contribution in [2.75, 3.05) is 11.5 Å². The third-order valence-corrected chi connectivity index (χ3v) is 5.25. The van der Waals surface area contributed by atoms with Gasteiger partial charge in [0.05, 0.1) is 11.5 Å². The van der Waals surface area contributed by atoms with Gasteiger partial charge >= 0.3 is 0 Å². The van der Waals surface area contributed by atoms with E-state index >= 15 is 0 Å². The van der Waals surface area contributed by atoms with Crippen molar-refractivity contribution in [2.45, 2.75) is 25.3 Å². The number of nitrogens with zero attached hydrogens (tertiary/aromatic N) is 3. The third-order valence-electron chi connectivity index (χ3n) is 3.41. The molecule has 0 radical (unpaired) electrons. The second-order valence-corrected chi connectivity index (χ2v) is 7.10. The largest absolute Gasteiger partial charge is 0.271 e. The van der Waals surface area contributed by atoms with Gasteiger partial charge in [0, 0.05) is 19.5 Å². The molecule has 1 aromatic rings. The molecule has 1 aliphatic rings. The van der Waals surface area contributed by atoms with Crippen LogP contribution in [0.1, 0.15) is 18.7 Å². The minimum absolute atomic E-state index is 0.0335. The lowest BCUT2D eigenvalue weighted by Crippen LogP contribution is -2.39. The molecule has 0 amide bonds. The average Bonchev–Trinajstić information content (AvgIpc) is 2.85. The maximum absolute atomic E-state index is 11.4. The van der Waals surface area contributed by atoms with Crippen molar-refractivity contribution < 1.29 is 8.42 Å². The van der Waals surface area contributed by atoms with Crippen LogP contribution in [0.4, 0.5) is 0 Å². The van der Waals surface area contributed by atoms with Gasteiger partial charge in [0.25, 0.3) is 0 Å². The molecule has 0 aromatic carbocycles. The Kier molecular flexibility index (Phi) is 3.98. The Bertz CT molecular complexity index is 498. The summed E-state index contributed by atoms with van der Waals surface area (Å²) in [5.74, 6) is 7.16. The second kappa shape index (κ2) is 5.33. The third kappa shape index (κ3) is 3.27. The van der Waals surface area contributed by atoms with Gasteiger partial charge in [-0.15, -0.1) is 0 Å². The van der Waals surface area contributed by atoms with Gasteiger partial charge in [-0.2, -0.15) is 5.10 Å². The van der Waals surface area contributed by atoms with E-state index in [1.807, 2.05) is 7.05 Å². The highest BCUT2D eigenvalue weighted by Crippen LogP contribution is 2.23. The summed E-state index contributed by atoms with van der Waals surface area (Å²) < 4.78 is 24.5. The molecular weight excluding hydrogens is 254 g/mol. The summed E-state index contributed by atoms with van der Waals surface area (Å²) in [7, 11) is -0.992. The molecule has 1 aromatic heterocycles. The van der Waals surface area contributed by atoms with E-state index in [0.717, 1.165) is 18.7 Å². The van der Waals surface area contributed by atoms with Gasteiger partial charge < -0.3 is 0 Å². The fourth-order valence-electron chi connectivity index (χ4n) is 2.40. The Morgan fingerprint density at radius 1 is 1.67 bits per heavy atom. The van der Waals surface area contributed by atoms with E-state index in [1.165, 1.54) is 6.33 Å². The van der Waals surface area contributed by atoms with E-state index in [4.69, 9.17) is 5.84 Å². The molecule has 2 heterocycles. The topological polar surface area (TPSA) is 103 Å². The Balaban J connectivity index is 1.92. The predicted molar refractivity (Wildman–Crippen MR) is 67.2 cm³/mol. The van der Waals surface area contributed by atoms with Crippen LogP contribution >= 0.6 is 0 Å². The van der Waals surface area contributed by atoms with Crippen LogP contribution in [-0.4, -0.2) is 40.7 Å². The summed E-state index contributed by atoms with van der Waals surface area (Å²) >= 11 is 0. The lowest BCUT2D eigenvalue weighted by atomic mass is 9.97. The number of aromatic nitrogens is 3. The summed E-state index contributed by atoms with van der Waals surface area (Å²) in [6.07, 6.45) is 3.65. The molecule has 0 aliphatic carbocycles. The highest BCUT2D eigenvalue weighted by Gasteiger charge is 2.29. The summed E-state index contributed by atoms with van der Waals surface area (Å²) in [5.41, 5.74) is 2.75. The molecule has 0 bridgehead atoms. The Hall–Kier alpha value is -0.990. The second-order valence-electron chi connectivity index (χ2n) is 4.87. The van der Waals surface area contributed by atoms with Crippen LogP contribution < -0.4 is 11.3 Å². The zero-order chi connectivity index (χ0) is 13.2. The molecule has 0 saturated carbocycles. The first-order valence-electron chi connectivity index (χ1n) is 5.99. The fraction of sp³-hybridized carbons (Fsp3) is 0.800. The van der Waals surface area contributed by atoms with Crippen molar-refractivity contribution in [3.05, 3.63) is 12.2 Å². The molecular formula is C10H19N5O2S. The molecule has 7 nitrogen and oxygen atoms in total. The summed E-state index contributed by atoms with van der Waals surface area (Å²) in [6.45, 7) is 0. The number of sulfone groups is 1. The number of aryl methyl sites for hydroxylation is 1. The highest BCUT2D eigenvalue weighted by atomic mass is 32.2. The maximum atomic E-state index is 11.4. The molecule has 2 rings (SSSR count). The monoisotopic (exact) mass is 273 g/mol. The minimum atomic E-state index is -2.82. The van der Waals surface area contributed by atoms with E-state index in [1.54, 1.807) is 4.68 Å². The van der Waals surface area contributed by atoms with Gasteiger partial charge in [0.1, 0.15) is 12.2 Å². The number of hydrazine groups is 1. The molecule has 1 fully saturated rings. The quantitative estimate of drug-likeness (QED) is 0.528. The first-order valence-corrected chi connectivity index (χ1v) is 7.82. The number of nitrogens with one attached hydrogen (secondary N) is 1. The Labute approximate surface area is 107 Å². The van der Waals surface area contributed by atoms with Crippen molar-refractivity contribution in [1.29, 1.82) is 0 Å². The number of rotatable bonds is 5. The van der Waals surface area contributed by atoms with Crippen molar-refractivity contribution in [2.24, 2.45) is 18.8 Å². The lowest BCUT2D eigenvalue weighted by molar-refractivity contribution is 0.399. The molecule has 2 atom stereocenters. The van der Waals surface area contributed by atoms with Crippen LogP contribution in [0, 0.1) is 5.92 Å². The summed E-state index contributed by atoms with van der Waals surface area (Å²) in [4.78, 5) is 4.14. The zero-order valence-corrected chi connectivity index (χ0v) is 11.2. The van der Waals surface area contributed by atoms with E-state index in [9.17, 15) is 8.42 Å². The molecule has 1 aliphatic heterocycles. The Morgan fingerprint density at radius 2 is 2.44 bits per heavy atom. The van der Waals surface area contributed by atoms with Crippen LogP contribution in [0.25, 0.3) is 0 Å². The number of hydrogen-bond donors (Lipinski definition) is 2. The molecule has 18 heavy (non-hydrogen) atoms. The summed E-state index contributed by atoms with van der Waals surface area (Å²) in [6, 6.07) is 0.0335. The SMILES string of the molecule is Cn1ncnc1CC(CC1CCS(=O)(=O)C1)NN. The van der Waals surface area contributed by atoms with Crippen molar-refractivity contribution >= 4 is 9.84 Å². The van der Waals surface area contributed by atoms with Gasteiger partial charge in [-0.05, 0) is 18.8 Å². The van der Waals surface area contributed by atoms with Crippen LogP contribution in [0.15, 0.2) is 6.33 Å². The van der Waals surface area contributed by atoms with Gasteiger partial charge in [-0.25, -0.2) is 13.4 Å². The molecule has 1 saturated heterocycles. The van der Waals surface area contributed by atoms with Gasteiger partial charge in [-0.3, -0.25) is 16.0 Å². The highest BCUT2D eigenvalue weighted by molar-refractivity contribution is 7.91. The maximum Gasteiger partial charge on any atom is 0.150 e. The number of nitrogens with two attached hydrogens (primary N) is 1. The van der Waals surface area contributed by atoms with E-state index in [-0.39, 0.29) is 17.7 Å². The minimum Gasteiger partial charge on any atom is -0.271 e. The van der Waals surface area contributed by atoms with Crippen molar-refractivity contribution in [3.63, 3.8) is 0 Å². The van der Waals surface area contributed by atoms with Crippen LogP contribution in [0.2, 0.25) is 0 Å². The smallest absolute Gasteiger partial charge is 0.150 e. The molecule has 8 heteroatoms.